The molecule has 4 amide bonds. The van der Waals surface area contributed by atoms with E-state index < -0.39 is 17.8 Å². The van der Waals surface area contributed by atoms with Crippen molar-refractivity contribution in [2.45, 2.75) is 27.4 Å². The van der Waals surface area contributed by atoms with E-state index in [-0.39, 0.29) is 5.57 Å². The minimum absolute atomic E-state index is 0.173. The van der Waals surface area contributed by atoms with Crippen molar-refractivity contribution in [3.63, 3.8) is 0 Å². The van der Waals surface area contributed by atoms with E-state index in [1.165, 1.54) is 13.2 Å². The lowest BCUT2D eigenvalue weighted by Crippen LogP contribution is -2.54. The maximum atomic E-state index is 13.2. The number of aryl methyl sites for hydroxylation is 3. The Morgan fingerprint density at radius 1 is 0.917 bits per heavy atom. The number of hydrogen-bond acceptors (Lipinski definition) is 5. The highest BCUT2D eigenvalue weighted by Crippen LogP contribution is 2.38. The number of amides is 4. The maximum absolute atomic E-state index is 13.2. The Hall–Kier alpha value is -3.91. The Labute approximate surface area is 217 Å². The van der Waals surface area contributed by atoms with Gasteiger partial charge in [-0.15, -0.1) is 0 Å². The van der Waals surface area contributed by atoms with E-state index in [0.29, 0.717) is 33.8 Å². The number of rotatable bonds is 6. The monoisotopic (exact) mass is 548 g/mol. The van der Waals surface area contributed by atoms with E-state index in [1.807, 2.05) is 20.8 Å². The molecule has 0 unspecified atom stereocenters. The Bertz CT molecular complexity index is 1380. The first-order valence-corrected chi connectivity index (χ1v) is 12.0. The average Bonchev–Trinajstić information content (AvgIpc) is 2.81. The standard InChI is InChI=1S/C28H25BrN2O5/c1-16-5-7-21(8-6-16)31-27(33)22(26(32)30-28(31)34)12-19-13-23(29)25(24(14-19)35-4)36-15-20-10-17(2)9-18(3)11-20/h5-14H,15H2,1-4H3,(H,30,32,34)/b22-12+. The maximum Gasteiger partial charge on any atom is 0.335 e. The second-order valence-electron chi connectivity index (χ2n) is 8.61. The molecular formula is C28H25BrN2O5. The predicted molar refractivity (Wildman–Crippen MR) is 141 cm³/mol. The molecule has 4 rings (SSSR count). The summed E-state index contributed by atoms with van der Waals surface area (Å²) in [6.45, 7) is 6.31. The van der Waals surface area contributed by atoms with Gasteiger partial charge in [0.05, 0.1) is 17.3 Å². The highest BCUT2D eigenvalue weighted by molar-refractivity contribution is 9.10. The summed E-state index contributed by atoms with van der Waals surface area (Å²) in [6, 6.07) is 15.7. The van der Waals surface area contributed by atoms with Gasteiger partial charge in [-0.1, -0.05) is 47.0 Å². The fraction of sp³-hybridized carbons (Fsp3) is 0.179. The van der Waals surface area contributed by atoms with Crippen LogP contribution in [0.2, 0.25) is 0 Å². The van der Waals surface area contributed by atoms with Gasteiger partial charge in [0.1, 0.15) is 12.2 Å². The molecule has 0 saturated carbocycles. The van der Waals surface area contributed by atoms with E-state index >= 15 is 0 Å². The van der Waals surface area contributed by atoms with Gasteiger partial charge in [-0.3, -0.25) is 14.9 Å². The van der Waals surface area contributed by atoms with Crippen LogP contribution in [0.4, 0.5) is 10.5 Å². The highest BCUT2D eigenvalue weighted by atomic mass is 79.9. The molecule has 184 valence electrons. The van der Waals surface area contributed by atoms with Crippen LogP contribution in [0.3, 0.4) is 0 Å². The topological polar surface area (TPSA) is 84.9 Å². The molecule has 1 fully saturated rings. The number of benzene rings is 3. The zero-order chi connectivity index (χ0) is 26.0. The smallest absolute Gasteiger partial charge is 0.335 e. The molecule has 8 heteroatoms. The van der Waals surface area contributed by atoms with Gasteiger partial charge in [-0.05, 0) is 78.2 Å². The number of urea groups is 1. The molecule has 1 aliphatic heterocycles. The number of nitrogens with zero attached hydrogens (tertiary/aromatic N) is 1. The van der Waals surface area contributed by atoms with Crippen LogP contribution in [0.5, 0.6) is 11.5 Å². The molecule has 7 nitrogen and oxygen atoms in total. The summed E-state index contributed by atoms with van der Waals surface area (Å²) in [6.07, 6.45) is 1.42. The molecule has 3 aromatic carbocycles. The van der Waals surface area contributed by atoms with Gasteiger partial charge in [-0.2, -0.15) is 0 Å². The normalized spacial score (nSPS) is 14.8. The van der Waals surface area contributed by atoms with Gasteiger partial charge in [0.25, 0.3) is 11.8 Å². The lowest BCUT2D eigenvalue weighted by atomic mass is 10.1. The molecule has 1 heterocycles. The van der Waals surface area contributed by atoms with Crippen molar-refractivity contribution in [2.75, 3.05) is 12.0 Å². The fourth-order valence-corrected chi connectivity index (χ4v) is 4.60. The molecule has 0 bridgehead atoms. The first kappa shape index (κ1) is 25.2. The summed E-state index contributed by atoms with van der Waals surface area (Å²) in [7, 11) is 1.51. The van der Waals surface area contributed by atoms with Crippen LogP contribution in [0, 0.1) is 20.8 Å². The summed E-state index contributed by atoms with van der Waals surface area (Å²) in [5.74, 6) is -0.554. The minimum Gasteiger partial charge on any atom is -0.493 e. The van der Waals surface area contributed by atoms with Crippen LogP contribution >= 0.6 is 15.9 Å². The summed E-state index contributed by atoms with van der Waals surface area (Å²) in [5.41, 5.74) is 5.02. The molecule has 0 radical (unpaired) electrons. The zero-order valence-corrected chi connectivity index (χ0v) is 21.9. The van der Waals surface area contributed by atoms with Crippen molar-refractivity contribution < 1.29 is 23.9 Å². The number of nitrogens with one attached hydrogen (secondary N) is 1. The molecule has 1 N–H and O–H groups in total. The third kappa shape index (κ3) is 5.33. The lowest BCUT2D eigenvalue weighted by molar-refractivity contribution is -0.122. The van der Waals surface area contributed by atoms with E-state index in [1.54, 1.807) is 36.4 Å². The molecule has 36 heavy (non-hydrogen) atoms. The molecule has 1 saturated heterocycles. The molecule has 3 aromatic rings. The molecule has 0 atom stereocenters. The molecule has 0 aromatic heterocycles. The van der Waals surface area contributed by atoms with Gasteiger partial charge >= 0.3 is 6.03 Å². The van der Waals surface area contributed by atoms with Crippen molar-refractivity contribution >= 4 is 45.5 Å². The number of hydrogen-bond donors (Lipinski definition) is 1. The Morgan fingerprint density at radius 3 is 2.22 bits per heavy atom. The Balaban J connectivity index is 1.63. The summed E-state index contributed by atoms with van der Waals surface area (Å²) < 4.78 is 12.2. The third-order valence-corrected chi connectivity index (χ3v) is 6.21. The SMILES string of the molecule is COc1cc(/C=C2\C(=O)NC(=O)N(c3ccc(C)cc3)C2=O)cc(Br)c1OCc1cc(C)cc(C)c1. The fourth-order valence-electron chi connectivity index (χ4n) is 4.02. The van der Waals surface area contributed by atoms with Crippen LogP contribution < -0.4 is 19.7 Å². The number of anilines is 1. The average molecular weight is 549 g/mol. The van der Waals surface area contributed by atoms with E-state index in [9.17, 15) is 14.4 Å². The van der Waals surface area contributed by atoms with Crippen molar-refractivity contribution in [1.29, 1.82) is 0 Å². The Morgan fingerprint density at radius 2 is 1.58 bits per heavy atom. The van der Waals surface area contributed by atoms with Gasteiger partial charge in [-0.25, -0.2) is 9.69 Å². The number of carbonyl (C=O) groups excluding carboxylic acids is 3. The van der Waals surface area contributed by atoms with Crippen molar-refractivity contribution in [3.8, 4) is 11.5 Å². The minimum atomic E-state index is -0.792. The van der Waals surface area contributed by atoms with Crippen molar-refractivity contribution in [1.82, 2.24) is 5.32 Å². The van der Waals surface area contributed by atoms with Gasteiger partial charge in [0.2, 0.25) is 0 Å². The second-order valence-corrected chi connectivity index (χ2v) is 9.47. The number of ether oxygens (including phenoxy) is 2. The molecular weight excluding hydrogens is 524 g/mol. The number of methoxy groups -OCH3 is 1. The summed E-state index contributed by atoms with van der Waals surface area (Å²) >= 11 is 3.52. The van der Waals surface area contributed by atoms with Crippen molar-refractivity contribution in [2.24, 2.45) is 0 Å². The molecule has 1 aliphatic rings. The van der Waals surface area contributed by atoms with Crippen LogP contribution in [-0.4, -0.2) is 25.0 Å². The summed E-state index contributed by atoms with van der Waals surface area (Å²) in [5, 5.41) is 2.24. The first-order valence-electron chi connectivity index (χ1n) is 11.2. The first-order chi connectivity index (χ1) is 17.2. The second kappa shape index (κ2) is 10.4. The quantitative estimate of drug-likeness (QED) is 0.318. The molecule has 0 spiro atoms. The zero-order valence-electron chi connectivity index (χ0n) is 20.3. The lowest BCUT2D eigenvalue weighted by Gasteiger charge is -2.26. The van der Waals surface area contributed by atoms with E-state index in [2.05, 4.69) is 39.4 Å². The molecule has 0 aliphatic carbocycles. The van der Waals surface area contributed by atoms with Gasteiger partial charge < -0.3 is 9.47 Å². The van der Waals surface area contributed by atoms with Crippen LogP contribution in [0.25, 0.3) is 6.08 Å². The van der Waals surface area contributed by atoms with Gasteiger partial charge in [0.15, 0.2) is 11.5 Å². The predicted octanol–water partition coefficient (Wildman–Crippen LogP) is 5.63. The van der Waals surface area contributed by atoms with Crippen LogP contribution in [-0.2, 0) is 16.2 Å². The van der Waals surface area contributed by atoms with E-state index in [0.717, 1.165) is 27.2 Å². The highest BCUT2D eigenvalue weighted by Gasteiger charge is 2.36. The van der Waals surface area contributed by atoms with Crippen LogP contribution in [0.15, 0.2) is 64.6 Å². The van der Waals surface area contributed by atoms with Crippen LogP contribution in [0.1, 0.15) is 27.8 Å². The number of carbonyl (C=O) groups is 3. The van der Waals surface area contributed by atoms with E-state index in [4.69, 9.17) is 9.47 Å². The van der Waals surface area contributed by atoms with Crippen molar-refractivity contribution in [3.05, 3.63) is 92.5 Å². The number of barbiturate groups is 1. The largest absolute Gasteiger partial charge is 0.493 e. The number of imide groups is 2. The Kier molecular flexibility index (Phi) is 7.26. The van der Waals surface area contributed by atoms with Gasteiger partial charge in [0, 0.05) is 0 Å². The third-order valence-electron chi connectivity index (χ3n) is 5.62. The summed E-state index contributed by atoms with van der Waals surface area (Å²) in [4.78, 5) is 39.1. The number of halogens is 1.